The average Bonchev–Trinajstić information content (AvgIpc) is 2.87. The van der Waals surface area contributed by atoms with E-state index >= 15 is 0 Å². The van der Waals surface area contributed by atoms with Crippen LogP contribution in [-0.2, 0) is 11.2 Å². The van der Waals surface area contributed by atoms with Crippen LogP contribution in [0.25, 0.3) is 0 Å². The summed E-state index contributed by atoms with van der Waals surface area (Å²) in [7, 11) is 0. The second-order valence-corrected chi connectivity index (χ2v) is 4.27. The SMILES string of the molecule is NC(=O)C(Cc1cccs1)c1cc[nH]n1. The van der Waals surface area contributed by atoms with Gasteiger partial charge in [-0.15, -0.1) is 11.3 Å². The molecule has 1 unspecified atom stereocenters. The second-order valence-electron chi connectivity index (χ2n) is 3.24. The zero-order valence-electron chi connectivity index (χ0n) is 8.01. The Hall–Kier alpha value is -1.62. The predicted molar refractivity (Wildman–Crippen MR) is 58.5 cm³/mol. The number of aromatic nitrogens is 2. The Morgan fingerprint density at radius 3 is 3.00 bits per heavy atom. The Balaban J connectivity index is 2.18. The van der Waals surface area contributed by atoms with Crippen LogP contribution in [0.5, 0.6) is 0 Å². The number of amides is 1. The van der Waals surface area contributed by atoms with E-state index in [9.17, 15) is 4.79 Å². The summed E-state index contributed by atoms with van der Waals surface area (Å²) in [5.41, 5.74) is 6.06. The van der Waals surface area contributed by atoms with E-state index in [1.54, 1.807) is 23.6 Å². The lowest BCUT2D eigenvalue weighted by Gasteiger charge is -2.08. The second kappa shape index (κ2) is 4.27. The van der Waals surface area contributed by atoms with E-state index in [1.165, 1.54) is 0 Å². The minimum absolute atomic E-state index is 0.337. The van der Waals surface area contributed by atoms with Gasteiger partial charge in [-0.3, -0.25) is 9.89 Å². The molecule has 0 saturated heterocycles. The van der Waals surface area contributed by atoms with Crippen LogP contribution in [0.1, 0.15) is 16.5 Å². The van der Waals surface area contributed by atoms with E-state index < -0.39 is 0 Å². The third-order valence-corrected chi connectivity index (χ3v) is 3.11. The van der Waals surface area contributed by atoms with Crippen molar-refractivity contribution >= 4 is 17.2 Å². The van der Waals surface area contributed by atoms with E-state index in [0.717, 1.165) is 4.88 Å². The number of hydrogen-bond donors (Lipinski definition) is 2. The van der Waals surface area contributed by atoms with Gasteiger partial charge in [0.05, 0.1) is 11.6 Å². The van der Waals surface area contributed by atoms with Gasteiger partial charge in [0.2, 0.25) is 5.91 Å². The first-order chi connectivity index (χ1) is 7.27. The molecule has 3 N–H and O–H groups in total. The molecule has 5 heteroatoms. The van der Waals surface area contributed by atoms with Gasteiger partial charge in [-0.25, -0.2) is 0 Å². The highest BCUT2D eigenvalue weighted by Crippen LogP contribution is 2.21. The lowest BCUT2D eigenvalue weighted by atomic mass is 10.0. The number of aromatic amines is 1. The molecule has 0 saturated carbocycles. The van der Waals surface area contributed by atoms with Crippen LogP contribution in [0, 0.1) is 0 Å². The van der Waals surface area contributed by atoms with Crippen LogP contribution in [0.2, 0.25) is 0 Å². The van der Waals surface area contributed by atoms with Crippen molar-refractivity contribution in [2.24, 2.45) is 5.73 Å². The molecule has 0 bridgehead atoms. The highest BCUT2D eigenvalue weighted by Gasteiger charge is 2.20. The van der Waals surface area contributed by atoms with Gasteiger partial charge in [0.25, 0.3) is 0 Å². The minimum Gasteiger partial charge on any atom is -0.369 e. The first kappa shape index (κ1) is 9.92. The zero-order valence-corrected chi connectivity index (χ0v) is 8.83. The quantitative estimate of drug-likeness (QED) is 0.816. The Bertz CT molecular complexity index is 421. The molecule has 1 amide bonds. The van der Waals surface area contributed by atoms with Crippen LogP contribution in [0.4, 0.5) is 0 Å². The molecule has 2 heterocycles. The van der Waals surface area contributed by atoms with Crippen LogP contribution in [0.3, 0.4) is 0 Å². The highest BCUT2D eigenvalue weighted by atomic mass is 32.1. The summed E-state index contributed by atoms with van der Waals surface area (Å²) in [5, 5.41) is 8.67. The van der Waals surface area contributed by atoms with Crippen LogP contribution < -0.4 is 5.73 Å². The Kier molecular flexibility index (Phi) is 2.82. The fraction of sp³-hybridized carbons (Fsp3) is 0.200. The molecule has 2 aromatic heterocycles. The van der Waals surface area contributed by atoms with Gasteiger partial charge < -0.3 is 5.73 Å². The van der Waals surface area contributed by atoms with Crippen molar-refractivity contribution in [1.82, 2.24) is 10.2 Å². The number of primary amides is 1. The Morgan fingerprint density at radius 1 is 1.60 bits per heavy atom. The molecule has 0 aliphatic heterocycles. The lowest BCUT2D eigenvalue weighted by molar-refractivity contribution is -0.119. The van der Waals surface area contributed by atoms with E-state index in [4.69, 9.17) is 5.73 Å². The molecule has 0 aliphatic rings. The van der Waals surface area contributed by atoms with E-state index in [0.29, 0.717) is 12.1 Å². The molecule has 0 aromatic carbocycles. The first-order valence-corrected chi connectivity index (χ1v) is 5.46. The molecule has 0 aliphatic carbocycles. The Labute approximate surface area is 91.1 Å². The number of carbonyl (C=O) groups excluding carboxylic acids is 1. The molecule has 4 nitrogen and oxygen atoms in total. The molecule has 1 atom stereocenters. The van der Waals surface area contributed by atoms with Crippen molar-refractivity contribution in [3.8, 4) is 0 Å². The fourth-order valence-electron chi connectivity index (χ4n) is 1.45. The maximum atomic E-state index is 11.3. The monoisotopic (exact) mass is 221 g/mol. The van der Waals surface area contributed by atoms with Gasteiger partial charge in [0, 0.05) is 11.1 Å². The summed E-state index contributed by atoms with van der Waals surface area (Å²) in [6.45, 7) is 0. The topological polar surface area (TPSA) is 71.8 Å². The molecular formula is C10H11N3OS. The number of nitrogens with two attached hydrogens (primary N) is 1. The molecule has 78 valence electrons. The third-order valence-electron chi connectivity index (χ3n) is 2.21. The number of carbonyl (C=O) groups is 1. The standard InChI is InChI=1S/C10H11N3OS/c11-10(14)8(9-3-4-12-13-9)6-7-2-1-5-15-7/h1-5,8H,6H2,(H2,11,14)(H,12,13). The summed E-state index contributed by atoms with van der Waals surface area (Å²) in [6, 6.07) is 5.74. The molecule has 2 aromatic rings. The average molecular weight is 221 g/mol. The van der Waals surface area contributed by atoms with Crippen molar-refractivity contribution < 1.29 is 4.79 Å². The number of thiophene rings is 1. The van der Waals surface area contributed by atoms with Crippen LogP contribution in [0.15, 0.2) is 29.8 Å². The summed E-state index contributed by atoms with van der Waals surface area (Å²) < 4.78 is 0. The number of nitrogens with zero attached hydrogens (tertiary/aromatic N) is 1. The fourth-order valence-corrected chi connectivity index (χ4v) is 2.20. The van der Waals surface area contributed by atoms with E-state index in [-0.39, 0.29) is 11.8 Å². The summed E-state index contributed by atoms with van der Waals surface area (Å²) >= 11 is 1.62. The molecule has 0 fully saturated rings. The van der Waals surface area contributed by atoms with Crippen molar-refractivity contribution in [1.29, 1.82) is 0 Å². The molecule has 2 rings (SSSR count). The van der Waals surface area contributed by atoms with Gasteiger partial charge in [0.1, 0.15) is 0 Å². The molecule has 0 radical (unpaired) electrons. The molecular weight excluding hydrogens is 210 g/mol. The van der Waals surface area contributed by atoms with Crippen molar-refractivity contribution in [2.75, 3.05) is 0 Å². The lowest BCUT2D eigenvalue weighted by Crippen LogP contribution is -2.23. The van der Waals surface area contributed by atoms with E-state index in [1.807, 2.05) is 17.5 Å². The summed E-state index contributed by atoms with van der Waals surface area (Å²) in [6.07, 6.45) is 2.32. The first-order valence-electron chi connectivity index (χ1n) is 4.59. The highest BCUT2D eigenvalue weighted by molar-refractivity contribution is 7.09. The summed E-state index contributed by atoms with van der Waals surface area (Å²) in [4.78, 5) is 12.4. The smallest absolute Gasteiger partial charge is 0.227 e. The molecule has 0 spiro atoms. The number of rotatable bonds is 4. The van der Waals surface area contributed by atoms with Crippen molar-refractivity contribution in [3.63, 3.8) is 0 Å². The summed E-state index contributed by atoms with van der Waals surface area (Å²) in [5.74, 6) is -0.676. The van der Waals surface area contributed by atoms with Crippen molar-refractivity contribution in [2.45, 2.75) is 12.3 Å². The van der Waals surface area contributed by atoms with Crippen LogP contribution in [-0.4, -0.2) is 16.1 Å². The number of hydrogen-bond acceptors (Lipinski definition) is 3. The maximum absolute atomic E-state index is 11.3. The van der Waals surface area contributed by atoms with Gasteiger partial charge >= 0.3 is 0 Å². The van der Waals surface area contributed by atoms with Gasteiger partial charge in [-0.1, -0.05) is 6.07 Å². The normalized spacial score (nSPS) is 12.5. The Morgan fingerprint density at radius 2 is 2.47 bits per heavy atom. The third kappa shape index (κ3) is 2.24. The minimum atomic E-state index is -0.338. The zero-order chi connectivity index (χ0) is 10.7. The van der Waals surface area contributed by atoms with Crippen LogP contribution >= 0.6 is 11.3 Å². The predicted octanol–water partition coefficient (Wildman–Crippen LogP) is 1.28. The molecule has 15 heavy (non-hydrogen) atoms. The van der Waals surface area contributed by atoms with Gasteiger partial charge in [-0.05, 0) is 23.9 Å². The van der Waals surface area contributed by atoms with Gasteiger partial charge in [-0.2, -0.15) is 5.10 Å². The maximum Gasteiger partial charge on any atom is 0.227 e. The largest absolute Gasteiger partial charge is 0.369 e. The van der Waals surface area contributed by atoms with Crippen molar-refractivity contribution in [3.05, 3.63) is 40.3 Å². The number of H-pyrrole nitrogens is 1. The number of nitrogens with one attached hydrogen (secondary N) is 1. The van der Waals surface area contributed by atoms with E-state index in [2.05, 4.69) is 10.2 Å². The van der Waals surface area contributed by atoms with Gasteiger partial charge in [0.15, 0.2) is 0 Å².